The molecular weight excluding hydrogens is 363 g/mol. The molecular formula is C7H5ClF2INO2S. The van der Waals surface area contributed by atoms with Gasteiger partial charge in [0.2, 0.25) is 0 Å². The van der Waals surface area contributed by atoms with Gasteiger partial charge >= 0.3 is 0 Å². The molecule has 0 spiro atoms. The van der Waals surface area contributed by atoms with Crippen LogP contribution in [0.2, 0.25) is 0 Å². The number of hydrogen-bond acceptors (Lipinski definition) is 3. The Kier molecular flexibility index (Phi) is 3.88. The summed E-state index contributed by atoms with van der Waals surface area (Å²) >= 11 is 1.62. The van der Waals surface area contributed by atoms with E-state index in [0.717, 1.165) is 6.20 Å². The first kappa shape index (κ1) is 13.0. The number of halogens is 4. The lowest BCUT2D eigenvalue weighted by atomic mass is 10.2. The third-order valence-corrected chi connectivity index (χ3v) is 4.39. The minimum absolute atomic E-state index is 0.115. The van der Waals surface area contributed by atoms with E-state index in [0.29, 0.717) is 5.69 Å². The summed E-state index contributed by atoms with van der Waals surface area (Å²) in [5.74, 6) is 0. The molecule has 0 unspecified atom stereocenters. The summed E-state index contributed by atoms with van der Waals surface area (Å²) in [6.07, 6.45) is -2.05. The van der Waals surface area contributed by atoms with Crippen LogP contribution in [0.1, 0.15) is 17.7 Å². The van der Waals surface area contributed by atoms with E-state index >= 15 is 0 Å². The number of aryl methyl sites for hydroxylation is 1. The zero-order valence-electron chi connectivity index (χ0n) is 7.34. The van der Waals surface area contributed by atoms with Gasteiger partial charge in [0, 0.05) is 20.4 Å². The first-order chi connectivity index (χ1) is 6.75. The molecule has 15 heavy (non-hydrogen) atoms. The average Bonchev–Trinajstić information content (AvgIpc) is 2.06. The molecule has 0 bridgehead atoms. The Labute approximate surface area is 103 Å². The maximum atomic E-state index is 12.6. The van der Waals surface area contributed by atoms with Gasteiger partial charge in [-0.3, -0.25) is 4.98 Å². The van der Waals surface area contributed by atoms with Crippen molar-refractivity contribution < 1.29 is 17.2 Å². The molecule has 84 valence electrons. The lowest BCUT2D eigenvalue weighted by Crippen LogP contribution is -2.04. The van der Waals surface area contributed by atoms with Gasteiger partial charge < -0.3 is 0 Å². The van der Waals surface area contributed by atoms with Gasteiger partial charge in [0.25, 0.3) is 15.5 Å². The Bertz CT molecular complexity index is 492. The number of aromatic nitrogens is 1. The summed E-state index contributed by atoms with van der Waals surface area (Å²) in [4.78, 5) is 3.05. The third kappa shape index (κ3) is 2.76. The summed E-state index contributed by atoms with van der Waals surface area (Å²) in [6.45, 7) is 1.51. The number of rotatable bonds is 2. The number of nitrogens with zero attached hydrogens (tertiary/aromatic N) is 1. The first-order valence-electron chi connectivity index (χ1n) is 3.63. The van der Waals surface area contributed by atoms with Crippen LogP contribution < -0.4 is 0 Å². The maximum absolute atomic E-state index is 12.6. The summed E-state index contributed by atoms with van der Waals surface area (Å²) in [5, 5.41) is 0. The van der Waals surface area contributed by atoms with Crippen molar-refractivity contribution >= 4 is 42.3 Å². The van der Waals surface area contributed by atoms with Gasteiger partial charge in [-0.2, -0.15) is 0 Å². The topological polar surface area (TPSA) is 47.0 Å². The Hall–Kier alpha value is -0.0200. The molecule has 0 radical (unpaired) electrons. The lowest BCUT2D eigenvalue weighted by Gasteiger charge is -2.09. The molecule has 0 fully saturated rings. The molecule has 0 atom stereocenters. The molecule has 0 amide bonds. The van der Waals surface area contributed by atoms with E-state index in [1.54, 1.807) is 22.6 Å². The fourth-order valence-electron chi connectivity index (χ4n) is 0.982. The molecule has 0 aromatic carbocycles. The Balaban J connectivity index is 3.62. The van der Waals surface area contributed by atoms with Gasteiger partial charge in [0.05, 0.1) is 11.3 Å². The Morgan fingerprint density at radius 2 is 2.07 bits per heavy atom. The van der Waals surface area contributed by atoms with E-state index in [-0.39, 0.29) is 3.57 Å². The molecule has 1 heterocycles. The Morgan fingerprint density at radius 1 is 1.53 bits per heavy atom. The second-order valence-electron chi connectivity index (χ2n) is 2.67. The summed E-state index contributed by atoms with van der Waals surface area (Å²) in [6, 6.07) is 0. The van der Waals surface area contributed by atoms with Crippen molar-refractivity contribution in [1.82, 2.24) is 4.98 Å². The second kappa shape index (κ2) is 4.46. The summed E-state index contributed by atoms with van der Waals surface area (Å²) < 4.78 is 47.4. The highest BCUT2D eigenvalue weighted by Gasteiger charge is 2.25. The highest BCUT2D eigenvalue weighted by atomic mass is 127. The van der Waals surface area contributed by atoms with Crippen LogP contribution in [-0.2, 0) is 9.05 Å². The molecule has 0 aliphatic rings. The van der Waals surface area contributed by atoms with Crippen LogP contribution in [0.5, 0.6) is 0 Å². The fraction of sp³-hybridized carbons (Fsp3) is 0.286. The van der Waals surface area contributed by atoms with Crippen molar-refractivity contribution in [3.8, 4) is 0 Å². The van der Waals surface area contributed by atoms with Crippen molar-refractivity contribution in [2.24, 2.45) is 0 Å². The van der Waals surface area contributed by atoms with Gasteiger partial charge in [0.1, 0.15) is 4.90 Å². The van der Waals surface area contributed by atoms with Crippen molar-refractivity contribution in [2.45, 2.75) is 18.2 Å². The monoisotopic (exact) mass is 367 g/mol. The molecule has 8 heteroatoms. The highest BCUT2D eigenvalue weighted by molar-refractivity contribution is 14.1. The number of hydrogen-bond donors (Lipinski definition) is 0. The maximum Gasteiger partial charge on any atom is 0.266 e. The molecule has 1 aromatic heterocycles. The molecule has 0 saturated heterocycles. The number of pyridine rings is 1. The average molecular weight is 368 g/mol. The van der Waals surface area contributed by atoms with Crippen LogP contribution in [0, 0.1) is 10.5 Å². The van der Waals surface area contributed by atoms with E-state index in [9.17, 15) is 17.2 Å². The fourth-order valence-corrected chi connectivity index (χ4v) is 2.83. The van der Waals surface area contributed by atoms with Crippen molar-refractivity contribution in [1.29, 1.82) is 0 Å². The van der Waals surface area contributed by atoms with E-state index in [2.05, 4.69) is 4.98 Å². The molecule has 0 N–H and O–H groups in total. The summed E-state index contributed by atoms with van der Waals surface area (Å²) in [5.41, 5.74) is -0.243. The molecule has 0 aliphatic carbocycles. The zero-order valence-corrected chi connectivity index (χ0v) is 11.1. The van der Waals surface area contributed by atoms with E-state index < -0.39 is 25.9 Å². The third-order valence-electron chi connectivity index (χ3n) is 1.68. The van der Waals surface area contributed by atoms with E-state index in [4.69, 9.17) is 10.7 Å². The van der Waals surface area contributed by atoms with Crippen LogP contribution in [0.4, 0.5) is 8.78 Å². The molecule has 0 aliphatic heterocycles. The normalized spacial score (nSPS) is 12.1. The van der Waals surface area contributed by atoms with Crippen LogP contribution in [0.25, 0.3) is 0 Å². The predicted octanol–water partition coefficient (Wildman–Crippen LogP) is 2.86. The van der Waals surface area contributed by atoms with Crippen LogP contribution in [-0.4, -0.2) is 13.4 Å². The standard InChI is InChI=1S/C7H5ClF2INO2S/c1-3-6(11)5(7(9)10)4(2-12-3)15(8,13)14/h2,7H,1H3. The number of alkyl halides is 2. The Morgan fingerprint density at radius 3 is 2.47 bits per heavy atom. The summed E-state index contributed by atoms with van der Waals surface area (Å²) in [7, 11) is 0.835. The van der Waals surface area contributed by atoms with Gasteiger partial charge in [-0.05, 0) is 29.5 Å². The largest absolute Gasteiger partial charge is 0.266 e. The van der Waals surface area contributed by atoms with Crippen molar-refractivity contribution in [3.05, 3.63) is 21.0 Å². The van der Waals surface area contributed by atoms with E-state index in [1.165, 1.54) is 6.92 Å². The van der Waals surface area contributed by atoms with E-state index in [1.807, 2.05) is 0 Å². The zero-order chi connectivity index (χ0) is 11.8. The predicted molar refractivity (Wildman–Crippen MR) is 59.7 cm³/mol. The molecule has 1 rings (SSSR count). The van der Waals surface area contributed by atoms with Gasteiger partial charge in [-0.1, -0.05) is 0 Å². The molecule has 0 saturated carbocycles. The van der Waals surface area contributed by atoms with Crippen molar-refractivity contribution in [2.75, 3.05) is 0 Å². The SMILES string of the molecule is Cc1ncc(S(=O)(=O)Cl)c(C(F)F)c1I. The minimum atomic E-state index is -4.19. The smallest absolute Gasteiger partial charge is 0.259 e. The van der Waals surface area contributed by atoms with Gasteiger partial charge in [-0.25, -0.2) is 17.2 Å². The van der Waals surface area contributed by atoms with Gasteiger partial charge in [-0.15, -0.1) is 0 Å². The molecule has 3 nitrogen and oxygen atoms in total. The van der Waals surface area contributed by atoms with Crippen LogP contribution in [0.15, 0.2) is 11.1 Å². The highest BCUT2D eigenvalue weighted by Crippen LogP contribution is 2.33. The van der Waals surface area contributed by atoms with Crippen LogP contribution in [0.3, 0.4) is 0 Å². The second-order valence-corrected chi connectivity index (χ2v) is 6.29. The minimum Gasteiger partial charge on any atom is -0.259 e. The lowest BCUT2D eigenvalue weighted by molar-refractivity contribution is 0.146. The van der Waals surface area contributed by atoms with Crippen LogP contribution >= 0.6 is 33.3 Å². The molecule has 1 aromatic rings. The van der Waals surface area contributed by atoms with Gasteiger partial charge in [0.15, 0.2) is 0 Å². The quantitative estimate of drug-likeness (QED) is 0.596. The first-order valence-corrected chi connectivity index (χ1v) is 7.01. The van der Waals surface area contributed by atoms with Crippen molar-refractivity contribution in [3.63, 3.8) is 0 Å².